The lowest BCUT2D eigenvalue weighted by Gasteiger charge is -2.09. The maximum absolute atomic E-state index is 10.9. The van der Waals surface area contributed by atoms with Gasteiger partial charge in [0.05, 0.1) is 0 Å². The molecule has 12 heavy (non-hydrogen) atoms. The number of amides is 1. The van der Waals surface area contributed by atoms with Crippen LogP contribution in [0.3, 0.4) is 0 Å². The molecule has 0 saturated heterocycles. The standard InChI is InChI=1S/C8H14N2O2/c1-6(11)8(5-10(3)4)9-7(2)12/h5H,1-4H3,(H,9,12)/b8-5+. The highest BCUT2D eigenvalue weighted by molar-refractivity contribution is 5.96. The molecule has 0 aromatic carbocycles. The van der Waals surface area contributed by atoms with E-state index in [1.807, 2.05) is 0 Å². The molecule has 0 saturated carbocycles. The van der Waals surface area contributed by atoms with Gasteiger partial charge in [0.15, 0.2) is 5.78 Å². The van der Waals surface area contributed by atoms with Gasteiger partial charge < -0.3 is 10.2 Å². The highest BCUT2D eigenvalue weighted by Crippen LogP contribution is 1.92. The van der Waals surface area contributed by atoms with Crippen molar-refractivity contribution in [1.29, 1.82) is 0 Å². The van der Waals surface area contributed by atoms with Crippen LogP contribution in [-0.4, -0.2) is 30.7 Å². The van der Waals surface area contributed by atoms with Crippen LogP contribution in [0.5, 0.6) is 0 Å². The molecule has 0 rings (SSSR count). The Bertz CT molecular complexity index is 219. The molecular formula is C8H14N2O2. The fraction of sp³-hybridized carbons (Fsp3) is 0.500. The van der Waals surface area contributed by atoms with Gasteiger partial charge in [-0.05, 0) is 0 Å². The smallest absolute Gasteiger partial charge is 0.221 e. The maximum atomic E-state index is 10.9. The summed E-state index contributed by atoms with van der Waals surface area (Å²) < 4.78 is 0. The van der Waals surface area contributed by atoms with Crippen LogP contribution in [-0.2, 0) is 9.59 Å². The Morgan fingerprint density at radius 1 is 1.25 bits per heavy atom. The van der Waals surface area contributed by atoms with Crippen LogP contribution in [0.25, 0.3) is 0 Å². The molecule has 0 heterocycles. The largest absolute Gasteiger partial charge is 0.382 e. The van der Waals surface area contributed by atoms with Gasteiger partial charge in [-0.25, -0.2) is 0 Å². The first kappa shape index (κ1) is 10.7. The number of carbonyl (C=O) groups is 2. The van der Waals surface area contributed by atoms with E-state index in [1.165, 1.54) is 13.8 Å². The summed E-state index contributed by atoms with van der Waals surface area (Å²) >= 11 is 0. The number of rotatable bonds is 3. The first-order valence-corrected chi connectivity index (χ1v) is 3.60. The van der Waals surface area contributed by atoms with E-state index < -0.39 is 0 Å². The molecule has 0 aliphatic rings. The minimum absolute atomic E-state index is 0.154. The van der Waals surface area contributed by atoms with Gasteiger partial charge in [-0.2, -0.15) is 0 Å². The minimum atomic E-state index is -0.238. The summed E-state index contributed by atoms with van der Waals surface area (Å²) in [6.07, 6.45) is 1.57. The molecular weight excluding hydrogens is 156 g/mol. The lowest BCUT2D eigenvalue weighted by Crippen LogP contribution is -2.25. The summed E-state index contributed by atoms with van der Waals surface area (Å²) in [4.78, 5) is 23.2. The summed E-state index contributed by atoms with van der Waals surface area (Å²) in [6.45, 7) is 2.78. The van der Waals surface area contributed by atoms with Gasteiger partial charge >= 0.3 is 0 Å². The predicted molar refractivity (Wildman–Crippen MR) is 46.3 cm³/mol. The highest BCUT2D eigenvalue weighted by Gasteiger charge is 2.04. The van der Waals surface area contributed by atoms with E-state index >= 15 is 0 Å². The Kier molecular flexibility index (Phi) is 4.04. The van der Waals surface area contributed by atoms with E-state index in [-0.39, 0.29) is 11.7 Å². The van der Waals surface area contributed by atoms with Crippen LogP contribution in [0.4, 0.5) is 0 Å². The molecule has 0 aromatic rings. The van der Waals surface area contributed by atoms with Gasteiger partial charge in [0.1, 0.15) is 5.70 Å². The third-order valence-corrected chi connectivity index (χ3v) is 1.08. The number of nitrogens with one attached hydrogen (secondary N) is 1. The Balaban J connectivity index is 4.44. The number of hydrogen-bond acceptors (Lipinski definition) is 3. The first-order valence-electron chi connectivity index (χ1n) is 3.60. The lowest BCUT2D eigenvalue weighted by atomic mass is 10.3. The molecule has 0 aliphatic heterocycles. The van der Waals surface area contributed by atoms with Gasteiger partial charge in [-0.1, -0.05) is 0 Å². The van der Waals surface area contributed by atoms with E-state index in [9.17, 15) is 9.59 Å². The van der Waals surface area contributed by atoms with Crippen molar-refractivity contribution in [1.82, 2.24) is 10.2 Å². The number of nitrogens with zero attached hydrogens (tertiary/aromatic N) is 1. The van der Waals surface area contributed by atoms with Crippen LogP contribution in [0.2, 0.25) is 0 Å². The quantitative estimate of drug-likeness (QED) is 0.612. The molecule has 4 heteroatoms. The lowest BCUT2D eigenvalue weighted by molar-refractivity contribution is -0.121. The zero-order valence-corrected chi connectivity index (χ0v) is 7.84. The second-order valence-electron chi connectivity index (χ2n) is 2.74. The molecule has 1 N–H and O–H groups in total. The molecule has 68 valence electrons. The van der Waals surface area contributed by atoms with Crippen molar-refractivity contribution in [2.75, 3.05) is 14.1 Å². The normalized spacial score (nSPS) is 10.8. The van der Waals surface area contributed by atoms with E-state index in [0.29, 0.717) is 5.70 Å². The average Bonchev–Trinajstić information content (AvgIpc) is 1.83. The summed E-state index contributed by atoms with van der Waals surface area (Å²) in [6, 6.07) is 0. The third kappa shape index (κ3) is 4.49. The fourth-order valence-corrected chi connectivity index (χ4v) is 0.659. The Hall–Kier alpha value is -1.32. The molecule has 4 nitrogen and oxygen atoms in total. The summed E-state index contributed by atoms with van der Waals surface area (Å²) in [5.41, 5.74) is 0.313. The Morgan fingerprint density at radius 3 is 2.00 bits per heavy atom. The van der Waals surface area contributed by atoms with Gasteiger partial charge in [0, 0.05) is 34.1 Å². The molecule has 0 atom stereocenters. The Morgan fingerprint density at radius 2 is 1.75 bits per heavy atom. The summed E-state index contributed by atoms with van der Waals surface area (Å²) in [5.74, 6) is -0.391. The van der Waals surface area contributed by atoms with Crippen molar-refractivity contribution in [3.05, 3.63) is 11.9 Å². The number of ketones is 1. The highest BCUT2D eigenvalue weighted by atomic mass is 16.2. The van der Waals surface area contributed by atoms with Crippen LogP contribution in [0, 0.1) is 0 Å². The number of carbonyl (C=O) groups excluding carboxylic acids is 2. The maximum Gasteiger partial charge on any atom is 0.221 e. The zero-order chi connectivity index (χ0) is 9.72. The molecule has 0 radical (unpaired) electrons. The zero-order valence-electron chi connectivity index (χ0n) is 7.84. The molecule has 0 fully saturated rings. The number of allylic oxidation sites excluding steroid dienone is 1. The van der Waals surface area contributed by atoms with Gasteiger partial charge in [0.2, 0.25) is 5.91 Å². The van der Waals surface area contributed by atoms with Crippen LogP contribution in [0.1, 0.15) is 13.8 Å². The topological polar surface area (TPSA) is 49.4 Å². The van der Waals surface area contributed by atoms with Crippen molar-refractivity contribution in [3.8, 4) is 0 Å². The fourth-order valence-electron chi connectivity index (χ4n) is 0.659. The number of hydrogen-bond donors (Lipinski definition) is 1. The van der Waals surface area contributed by atoms with Gasteiger partial charge in [-0.3, -0.25) is 9.59 Å². The van der Waals surface area contributed by atoms with E-state index in [4.69, 9.17) is 0 Å². The minimum Gasteiger partial charge on any atom is -0.382 e. The summed E-state index contributed by atoms with van der Waals surface area (Å²) in [7, 11) is 3.56. The van der Waals surface area contributed by atoms with Crippen LogP contribution < -0.4 is 5.32 Å². The van der Waals surface area contributed by atoms with E-state index in [0.717, 1.165) is 0 Å². The first-order chi connectivity index (χ1) is 5.43. The van der Waals surface area contributed by atoms with Crippen molar-refractivity contribution in [2.24, 2.45) is 0 Å². The monoisotopic (exact) mass is 170 g/mol. The molecule has 0 bridgehead atoms. The predicted octanol–water partition coefficient (Wildman–Crippen LogP) is 0.114. The number of Topliss-reactive ketones (excluding diaryl/α,β-unsaturated/α-hetero) is 1. The Labute approximate surface area is 72.2 Å². The third-order valence-electron chi connectivity index (χ3n) is 1.08. The van der Waals surface area contributed by atoms with Gasteiger partial charge in [0.25, 0.3) is 0 Å². The average molecular weight is 170 g/mol. The van der Waals surface area contributed by atoms with E-state index in [1.54, 1.807) is 25.2 Å². The van der Waals surface area contributed by atoms with Crippen molar-refractivity contribution in [3.63, 3.8) is 0 Å². The van der Waals surface area contributed by atoms with Crippen LogP contribution in [0.15, 0.2) is 11.9 Å². The molecule has 0 aromatic heterocycles. The molecule has 0 unspecified atom stereocenters. The van der Waals surface area contributed by atoms with E-state index in [2.05, 4.69) is 5.32 Å². The second kappa shape index (κ2) is 4.54. The van der Waals surface area contributed by atoms with Crippen molar-refractivity contribution < 1.29 is 9.59 Å². The molecule has 0 aliphatic carbocycles. The summed E-state index contributed by atoms with van der Waals surface area (Å²) in [5, 5.41) is 2.44. The second-order valence-corrected chi connectivity index (χ2v) is 2.74. The molecule has 0 spiro atoms. The SMILES string of the molecule is CC(=O)N/C(=C/N(C)C)C(C)=O. The van der Waals surface area contributed by atoms with Gasteiger partial charge in [-0.15, -0.1) is 0 Å². The molecule has 1 amide bonds. The van der Waals surface area contributed by atoms with Crippen molar-refractivity contribution in [2.45, 2.75) is 13.8 Å². The van der Waals surface area contributed by atoms with Crippen molar-refractivity contribution >= 4 is 11.7 Å². The van der Waals surface area contributed by atoms with Crippen LogP contribution >= 0.6 is 0 Å².